The van der Waals surface area contributed by atoms with Crippen LogP contribution in [0.4, 0.5) is 0 Å². The van der Waals surface area contributed by atoms with Crippen LogP contribution in [0.2, 0.25) is 0 Å². The van der Waals surface area contributed by atoms with Crippen LogP contribution in [0.15, 0.2) is 4.99 Å². The number of carboxylic acid groups (broad SMARTS) is 1. The Morgan fingerprint density at radius 2 is 1.59 bits per heavy atom. The molecule has 1 saturated heterocycles. The zero-order valence-electron chi connectivity index (χ0n) is 19.3. The van der Waals surface area contributed by atoms with Crippen molar-refractivity contribution in [1.29, 1.82) is 0 Å². The maximum atomic E-state index is 13.1. The molecule has 1 aliphatic rings. The van der Waals surface area contributed by atoms with Gasteiger partial charge in [0.15, 0.2) is 5.96 Å². The highest BCUT2D eigenvalue weighted by Gasteiger charge is 2.31. The summed E-state index contributed by atoms with van der Waals surface area (Å²) in [6.07, 6.45) is 3.39. The molecular formula is C20H38N8O6. The van der Waals surface area contributed by atoms with Crippen LogP contribution >= 0.6 is 0 Å². The van der Waals surface area contributed by atoms with Gasteiger partial charge in [-0.25, -0.2) is 4.79 Å². The van der Waals surface area contributed by atoms with Gasteiger partial charge in [0.05, 0.1) is 12.6 Å². The molecule has 0 bridgehead atoms. The average molecular weight is 487 g/mol. The van der Waals surface area contributed by atoms with Crippen molar-refractivity contribution in [3.63, 3.8) is 0 Å². The molecule has 0 aromatic rings. The molecule has 0 aromatic carbocycles. The van der Waals surface area contributed by atoms with Crippen LogP contribution < -0.4 is 38.5 Å². The second kappa shape index (κ2) is 15.8. The number of amides is 3. The molecule has 1 rings (SSSR count). The summed E-state index contributed by atoms with van der Waals surface area (Å²) in [5.41, 5.74) is 16.1. The minimum absolute atomic E-state index is 0.0892. The molecule has 194 valence electrons. The van der Waals surface area contributed by atoms with Gasteiger partial charge in [0.2, 0.25) is 17.7 Å². The van der Waals surface area contributed by atoms with Gasteiger partial charge in [-0.3, -0.25) is 19.4 Å². The molecule has 14 heteroatoms. The lowest BCUT2D eigenvalue weighted by atomic mass is 10.1. The van der Waals surface area contributed by atoms with Crippen molar-refractivity contribution >= 4 is 29.7 Å². The minimum atomic E-state index is -1.51. The predicted octanol–water partition coefficient (Wildman–Crippen LogP) is -3.55. The van der Waals surface area contributed by atoms with Crippen molar-refractivity contribution in [2.24, 2.45) is 22.2 Å². The van der Waals surface area contributed by atoms with Crippen molar-refractivity contribution in [3.05, 3.63) is 0 Å². The summed E-state index contributed by atoms with van der Waals surface area (Å²) in [6, 6.07) is -3.95. The average Bonchev–Trinajstić information content (AvgIpc) is 3.33. The van der Waals surface area contributed by atoms with Gasteiger partial charge in [0.25, 0.3) is 0 Å². The number of hydrogen-bond donors (Lipinski definition) is 9. The van der Waals surface area contributed by atoms with Crippen LogP contribution in [0, 0.1) is 0 Å². The zero-order valence-corrected chi connectivity index (χ0v) is 19.3. The molecule has 4 unspecified atom stereocenters. The molecule has 3 amide bonds. The van der Waals surface area contributed by atoms with Gasteiger partial charge in [-0.15, -0.1) is 0 Å². The third kappa shape index (κ3) is 10.8. The molecule has 0 spiro atoms. The number of guanidine groups is 1. The number of aliphatic imine (C=N–C) groups is 1. The number of rotatable bonds is 16. The number of carbonyl (C=O) groups is 4. The first-order valence-corrected chi connectivity index (χ1v) is 11.4. The summed E-state index contributed by atoms with van der Waals surface area (Å²) in [7, 11) is 0. The molecule has 0 aromatic heterocycles. The van der Waals surface area contributed by atoms with E-state index in [-0.39, 0.29) is 31.3 Å². The fraction of sp³-hybridized carbons (Fsp3) is 0.750. The van der Waals surface area contributed by atoms with E-state index in [9.17, 15) is 24.3 Å². The van der Waals surface area contributed by atoms with Crippen molar-refractivity contribution in [2.45, 2.75) is 69.1 Å². The Balaban J connectivity index is 2.91. The van der Waals surface area contributed by atoms with Crippen LogP contribution in [-0.2, 0) is 19.2 Å². The number of aliphatic hydroxyl groups excluding tert-OH is 1. The van der Waals surface area contributed by atoms with Crippen LogP contribution in [0.1, 0.15) is 44.9 Å². The molecule has 12 N–H and O–H groups in total. The fourth-order valence-corrected chi connectivity index (χ4v) is 3.44. The maximum Gasteiger partial charge on any atom is 0.328 e. The maximum absolute atomic E-state index is 13.1. The van der Waals surface area contributed by atoms with Gasteiger partial charge in [0, 0.05) is 6.54 Å². The number of carbonyl (C=O) groups excluding carboxylic acids is 3. The van der Waals surface area contributed by atoms with Crippen molar-refractivity contribution < 1.29 is 29.4 Å². The SMILES string of the molecule is NCCCCC(NC(=O)C(CCCN=C(N)N)NC(=O)C1CCCN1)C(=O)NC(CO)C(=O)O. The third-order valence-corrected chi connectivity index (χ3v) is 5.33. The number of carboxylic acids is 1. The summed E-state index contributed by atoms with van der Waals surface area (Å²) in [4.78, 5) is 53.3. The number of nitrogens with zero attached hydrogens (tertiary/aromatic N) is 1. The highest BCUT2D eigenvalue weighted by molar-refractivity contribution is 5.94. The monoisotopic (exact) mass is 486 g/mol. The first-order chi connectivity index (χ1) is 16.2. The molecule has 1 aliphatic heterocycles. The lowest BCUT2D eigenvalue weighted by Crippen LogP contribution is -2.57. The van der Waals surface area contributed by atoms with Gasteiger partial charge in [-0.2, -0.15) is 0 Å². The number of aliphatic carboxylic acids is 1. The highest BCUT2D eigenvalue weighted by Crippen LogP contribution is 2.08. The summed E-state index contributed by atoms with van der Waals surface area (Å²) < 4.78 is 0. The molecule has 4 atom stereocenters. The smallest absolute Gasteiger partial charge is 0.328 e. The van der Waals surface area contributed by atoms with Gasteiger partial charge >= 0.3 is 5.97 Å². The van der Waals surface area contributed by atoms with E-state index >= 15 is 0 Å². The molecule has 0 saturated carbocycles. The van der Waals surface area contributed by atoms with Crippen LogP contribution in [0.25, 0.3) is 0 Å². The molecular weight excluding hydrogens is 448 g/mol. The Bertz CT molecular complexity index is 709. The standard InChI is InChI=1S/C20H38N8O6/c21-8-2-1-5-13(18(32)28-15(11-29)19(33)34)27-17(31)14(7-4-10-25-20(22)23)26-16(30)12-6-3-9-24-12/h12-15,24,29H,1-11,21H2,(H,26,30)(H,27,31)(H,28,32)(H,33,34)(H4,22,23,25). The second-order valence-electron chi connectivity index (χ2n) is 8.09. The lowest BCUT2D eigenvalue weighted by molar-refractivity contribution is -0.143. The zero-order chi connectivity index (χ0) is 25.5. The van der Waals surface area contributed by atoms with Gasteiger partial charge in [0.1, 0.15) is 18.1 Å². The Kier molecular flexibility index (Phi) is 13.5. The highest BCUT2D eigenvalue weighted by atomic mass is 16.4. The molecule has 0 aliphatic carbocycles. The normalized spacial score (nSPS) is 17.8. The molecule has 0 radical (unpaired) electrons. The van der Waals surface area contributed by atoms with E-state index in [1.165, 1.54) is 0 Å². The largest absolute Gasteiger partial charge is 0.480 e. The van der Waals surface area contributed by atoms with Crippen molar-refractivity contribution in [1.82, 2.24) is 21.3 Å². The predicted molar refractivity (Wildman–Crippen MR) is 124 cm³/mol. The summed E-state index contributed by atoms with van der Waals surface area (Å²) in [5, 5.41) is 28.9. The Labute approximate surface area is 198 Å². The summed E-state index contributed by atoms with van der Waals surface area (Å²) in [5.74, 6) is -3.17. The van der Waals surface area contributed by atoms with E-state index in [1.807, 2.05) is 0 Å². The Hall–Kier alpha value is -2.97. The van der Waals surface area contributed by atoms with Crippen LogP contribution in [0.3, 0.4) is 0 Å². The molecule has 1 fully saturated rings. The number of nitrogens with one attached hydrogen (secondary N) is 4. The van der Waals surface area contributed by atoms with Crippen molar-refractivity contribution in [2.75, 3.05) is 26.2 Å². The Morgan fingerprint density at radius 3 is 2.12 bits per heavy atom. The van der Waals surface area contributed by atoms with E-state index in [1.54, 1.807) is 0 Å². The summed E-state index contributed by atoms with van der Waals surface area (Å²) in [6.45, 7) is 0.538. The first-order valence-electron chi connectivity index (χ1n) is 11.4. The number of nitrogens with two attached hydrogens (primary N) is 3. The first kappa shape index (κ1) is 29.1. The quantitative estimate of drug-likeness (QED) is 0.0590. The Morgan fingerprint density at radius 1 is 0.971 bits per heavy atom. The number of aliphatic hydroxyl groups is 1. The summed E-state index contributed by atoms with van der Waals surface area (Å²) >= 11 is 0. The van der Waals surface area contributed by atoms with Crippen LogP contribution in [-0.4, -0.2) is 90.3 Å². The lowest BCUT2D eigenvalue weighted by Gasteiger charge is -2.25. The van der Waals surface area contributed by atoms with Crippen molar-refractivity contribution in [3.8, 4) is 0 Å². The topological polar surface area (TPSA) is 247 Å². The molecule has 1 heterocycles. The van der Waals surface area contributed by atoms with Gasteiger partial charge in [-0.05, 0) is 58.0 Å². The van der Waals surface area contributed by atoms with E-state index in [0.717, 1.165) is 6.42 Å². The van der Waals surface area contributed by atoms with E-state index < -0.39 is 48.6 Å². The van der Waals surface area contributed by atoms with Gasteiger partial charge < -0.3 is 48.7 Å². The number of unbranched alkanes of at least 4 members (excludes halogenated alkanes) is 1. The van der Waals surface area contributed by atoms with Crippen LogP contribution in [0.5, 0.6) is 0 Å². The third-order valence-electron chi connectivity index (χ3n) is 5.33. The molecule has 34 heavy (non-hydrogen) atoms. The molecule has 14 nitrogen and oxygen atoms in total. The number of hydrogen-bond acceptors (Lipinski definition) is 8. The van der Waals surface area contributed by atoms with E-state index in [0.29, 0.717) is 38.8 Å². The fourth-order valence-electron chi connectivity index (χ4n) is 3.44. The van der Waals surface area contributed by atoms with Gasteiger partial charge in [-0.1, -0.05) is 0 Å². The van der Waals surface area contributed by atoms with E-state index in [2.05, 4.69) is 26.3 Å². The minimum Gasteiger partial charge on any atom is -0.480 e. The second-order valence-corrected chi connectivity index (χ2v) is 8.09. The van der Waals surface area contributed by atoms with E-state index in [4.69, 9.17) is 22.3 Å².